The van der Waals surface area contributed by atoms with E-state index in [1.54, 1.807) is 6.07 Å². The number of benzene rings is 1. The van der Waals surface area contributed by atoms with Gasteiger partial charge < -0.3 is 9.63 Å². The average molecular weight is 296 g/mol. The summed E-state index contributed by atoms with van der Waals surface area (Å²) in [6.07, 6.45) is 1.42. The zero-order chi connectivity index (χ0) is 14.6. The van der Waals surface area contributed by atoms with Gasteiger partial charge in [-0.1, -0.05) is 17.3 Å². The van der Waals surface area contributed by atoms with Crippen molar-refractivity contribution in [3.05, 3.63) is 53.4 Å². The standard InChI is InChI=1S/C12H12N2O5S/c15-12(16)10-3-1-9(2-4-10)8-20(17,18)14-7-11-5-6-13-19-11/h1-6,14H,7-8H2,(H,15,16). The van der Waals surface area contributed by atoms with Crippen molar-refractivity contribution < 1.29 is 22.8 Å². The van der Waals surface area contributed by atoms with Gasteiger partial charge in [-0.2, -0.15) is 0 Å². The van der Waals surface area contributed by atoms with Gasteiger partial charge in [-0.15, -0.1) is 0 Å². The van der Waals surface area contributed by atoms with Gasteiger partial charge in [0.05, 0.1) is 24.1 Å². The summed E-state index contributed by atoms with van der Waals surface area (Å²) in [5.41, 5.74) is 0.612. The molecule has 0 spiro atoms. The van der Waals surface area contributed by atoms with Crippen LogP contribution in [0, 0.1) is 0 Å². The monoisotopic (exact) mass is 296 g/mol. The molecular weight excluding hydrogens is 284 g/mol. The Morgan fingerprint density at radius 1 is 1.25 bits per heavy atom. The summed E-state index contributed by atoms with van der Waals surface area (Å²) in [6.45, 7) is 0.0234. The molecule has 0 saturated carbocycles. The zero-order valence-electron chi connectivity index (χ0n) is 10.3. The van der Waals surface area contributed by atoms with Crippen LogP contribution in [0.2, 0.25) is 0 Å². The number of hydrogen-bond acceptors (Lipinski definition) is 5. The Labute approximate surface area is 115 Å². The van der Waals surface area contributed by atoms with Gasteiger partial charge >= 0.3 is 5.97 Å². The number of carbonyl (C=O) groups is 1. The van der Waals surface area contributed by atoms with E-state index in [4.69, 9.17) is 9.63 Å². The average Bonchev–Trinajstić information content (AvgIpc) is 2.90. The summed E-state index contributed by atoms with van der Waals surface area (Å²) in [4.78, 5) is 10.7. The highest BCUT2D eigenvalue weighted by molar-refractivity contribution is 7.88. The third-order valence-electron chi connectivity index (χ3n) is 2.52. The van der Waals surface area contributed by atoms with Crippen molar-refractivity contribution in [2.75, 3.05) is 0 Å². The Balaban J connectivity index is 1.98. The maximum Gasteiger partial charge on any atom is 0.335 e. The number of hydrogen-bond donors (Lipinski definition) is 2. The number of aromatic carboxylic acids is 1. The van der Waals surface area contributed by atoms with Gasteiger partial charge in [0, 0.05) is 6.07 Å². The molecule has 1 aromatic carbocycles. The Bertz CT molecular complexity index is 677. The van der Waals surface area contributed by atoms with Crippen molar-refractivity contribution in [1.82, 2.24) is 9.88 Å². The molecule has 0 bridgehead atoms. The van der Waals surface area contributed by atoms with Crippen LogP contribution in [0.25, 0.3) is 0 Å². The molecule has 20 heavy (non-hydrogen) atoms. The molecule has 8 heteroatoms. The van der Waals surface area contributed by atoms with E-state index in [-0.39, 0.29) is 17.9 Å². The topological polar surface area (TPSA) is 110 Å². The van der Waals surface area contributed by atoms with E-state index in [0.29, 0.717) is 11.3 Å². The molecule has 2 aromatic rings. The second-order valence-corrected chi connectivity index (χ2v) is 5.87. The van der Waals surface area contributed by atoms with Crippen LogP contribution < -0.4 is 4.72 Å². The zero-order valence-corrected chi connectivity index (χ0v) is 11.1. The van der Waals surface area contributed by atoms with Gasteiger partial charge in [-0.25, -0.2) is 17.9 Å². The smallest absolute Gasteiger partial charge is 0.335 e. The quantitative estimate of drug-likeness (QED) is 0.822. The lowest BCUT2D eigenvalue weighted by Gasteiger charge is -2.05. The van der Waals surface area contributed by atoms with Crippen molar-refractivity contribution in [2.24, 2.45) is 0 Å². The summed E-state index contributed by atoms with van der Waals surface area (Å²) >= 11 is 0. The molecule has 0 aliphatic heterocycles. The molecule has 0 fully saturated rings. The van der Waals surface area contributed by atoms with Crippen molar-refractivity contribution in [1.29, 1.82) is 0 Å². The first-order chi connectivity index (χ1) is 9.46. The first-order valence-corrected chi connectivity index (χ1v) is 7.31. The SMILES string of the molecule is O=C(O)c1ccc(CS(=O)(=O)NCc2ccno2)cc1. The van der Waals surface area contributed by atoms with E-state index in [9.17, 15) is 13.2 Å². The van der Waals surface area contributed by atoms with Crippen molar-refractivity contribution in [3.63, 3.8) is 0 Å². The lowest BCUT2D eigenvalue weighted by atomic mass is 10.1. The Morgan fingerprint density at radius 3 is 2.50 bits per heavy atom. The molecule has 1 heterocycles. The molecule has 0 aliphatic carbocycles. The fourth-order valence-corrected chi connectivity index (χ4v) is 2.62. The largest absolute Gasteiger partial charge is 0.478 e. The predicted molar refractivity (Wildman–Crippen MR) is 69.4 cm³/mol. The predicted octanol–water partition coefficient (Wildman–Crippen LogP) is 0.992. The van der Waals surface area contributed by atoms with E-state index in [0.717, 1.165) is 0 Å². The molecule has 2 rings (SSSR count). The molecule has 1 aromatic heterocycles. The van der Waals surface area contributed by atoms with Crippen LogP contribution >= 0.6 is 0 Å². The van der Waals surface area contributed by atoms with Crippen molar-refractivity contribution >= 4 is 16.0 Å². The molecule has 0 radical (unpaired) electrons. The number of aromatic nitrogens is 1. The number of rotatable bonds is 6. The van der Waals surface area contributed by atoms with Crippen LogP contribution in [0.15, 0.2) is 41.1 Å². The highest BCUT2D eigenvalue weighted by Gasteiger charge is 2.13. The summed E-state index contributed by atoms with van der Waals surface area (Å²) < 4.78 is 30.8. The van der Waals surface area contributed by atoms with E-state index < -0.39 is 16.0 Å². The molecule has 7 nitrogen and oxygen atoms in total. The summed E-state index contributed by atoms with van der Waals surface area (Å²) in [5, 5.41) is 12.2. The molecule has 0 aliphatic rings. The van der Waals surface area contributed by atoms with Gasteiger partial charge in [-0.05, 0) is 17.7 Å². The maximum absolute atomic E-state index is 11.8. The highest BCUT2D eigenvalue weighted by Crippen LogP contribution is 2.08. The molecule has 0 atom stereocenters. The number of carboxylic acid groups (broad SMARTS) is 1. The van der Waals surface area contributed by atoms with Crippen LogP contribution in [0.1, 0.15) is 21.7 Å². The van der Waals surface area contributed by atoms with Crippen LogP contribution in [0.4, 0.5) is 0 Å². The molecule has 2 N–H and O–H groups in total. The van der Waals surface area contributed by atoms with E-state index in [1.165, 1.54) is 30.5 Å². The second kappa shape index (κ2) is 5.85. The van der Waals surface area contributed by atoms with Crippen molar-refractivity contribution in [2.45, 2.75) is 12.3 Å². The number of carboxylic acids is 1. The first-order valence-electron chi connectivity index (χ1n) is 5.65. The van der Waals surface area contributed by atoms with Crippen LogP contribution in [0.3, 0.4) is 0 Å². The second-order valence-electron chi connectivity index (χ2n) is 4.06. The van der Waals surface area contributed by atoms with Gasteiger partial charge in [0.25, 0.3) is 0 Å². The Hall–Kier alpha value is -2.19. The minimum atomic E-state index is -3.53. The van der Waals surface area contributed by atoms with Crippen LogP contribution in [-0.2, 0) is 22.3 Å². The maximum atomic E-state index is 11.8. The molecule has 0 unspecified atom stereocenters. The van der Waals surface area contributed by atoms with Gasteiger partial charge in [-0.3, -0.25) is 0 Å². The van der Waals surface area contributed by atoms with E-state index in [2.05, 4.69) is 9.88 Å². The summed E-state index contributed by atoms with van der Waals surface area (Å²) in [5.74, 6) is -0.876. The first kappa shape index (κ1) is 14.2. The Morgan fingerprint density at radius 2 is 1.95 bits per heavy atom. The van der Waals surface area contributed by atoms with E-state index in [1.807, 2.05) is 0 Å². The Kier molecular flexibility index (Phi) is 4.16. The minimum absolute atomic E-state index is 0.0234. The molecule has 106 valence electrons. The van der Waals surface area contributed by atoms with Crippen LogP contribution in [-0.4, -0.2) is 24.7 Å². The third kappa shape index (κ3) is 3.90. The van der Waals surface area contributed by atoms with E-state index >= 15 is 0 Å². The lowest BCUT2D eigenvalue weighted by Crippen LogP contribution is -2.24. The lowest BCUT2D eigenvalue weighted by molar-refractivity contribution is 0.0697. The normalized spacial score (nSPS) is 11.4. The van der Waals surface area contributed by atoms with Crippen molar-refractivity contribution in [3.8, 4) is 0 Å². The fourth-order valence-electron chi connectivity index (χ4n) is 1.53. The number of sulfonamides is 1. The minimum Gasteiger partial charge on any atom is -0.478 e. The number of nitrogens with zero attached hydrogens (tertiary/aromatic N) is 1. The van der Waals surface area contributed by atoms with Gasteiger partial charge in [0.2, 0.25) is 10.0 Å². The fraction of sp³-hybridized carbons (Fsp3) is 0.167. The number of nitrogens with one attached hydrogen (secondary N) is 1. The van der Waals surface area contributed by atoms with Crippen LogP contribution in [0.5, 0.6) is 0 Å². The highest BCUT2D eigenvalue weighted by atomic mass is 32.2. The molecule has 0 saturated heterocycles. The molecule has 0 amide bonds. The van der Waals surface area contributed by atoms with Gasteiger partial charge in [0.1, 0.15) is 0 Å². The third-order valence-corrected chi connectivity index (χ3v) is 3.81. The van der Waals surface area contributed by atoms with Gasteiger partial charge in [0.15, 0.2) is 5.76 Å². The summed E-state index contributed by atoms with van der Waals surface area (Å²) in [7, 11) is -3.53. The summed E-state index contributed by atoms with van der Waals surface area (Å²) in [6, 6.07) is 7.23. The molecular formula is C12H12N2O5S.